The van der Waals surface area contributed by atoms with Gasteiger partial charge < -0.3 is 10.6 Å². The van der Waals surface area contributed by atoms with Gasteiger partial charge in [-0.15, -0.1) is 0 Å². The van der Waals surface area contributed by atoms with Crippen LogP contribution in [-0.2, 0) is 19.6 Å². The number of hydrogen-bond acceptors (Lipinski definition) is 6. The van der Waals surface area contributed by atoms with Crippen LogP contribution in [0.15, 0.2) is 73.1 Å². The Morgan fingerprint density at radius 1 is 0.767 bits per heavy atom. The standard InChI is InChI=1S/C24H28N6/c25-17-21-7-9-22(10-8-21)20-30(15-13-26-18-23-5-1-3-11-28-23)16-14-27-19-24-6-2-4-12-29-24/h1-12,26-27H,13-16,18-20H2. The third-order valence-electron chi connectivity index (χ3n) is 4.76. The highest BCUT2D eigenvalue weighted by Gasteiger charge is 2.07. The predicted molar refractivity (Wildman–Crippen MR) is 118 cm³/mol. The van der Waals surface area contributed by atoms with Crippen LogP contribution in [0.25, 0.3) is 0 Å². The molecule has 0 saturated heterocycles. The van der Waals surface area contributed by atoms with E-state index in [4.69, 9.17) is 5.26 Å². The first-order chi connectivity index (χ1) is 14.8. The second-order valence-corrected chi connectivity index (χ2v) is 7.08. The fourth-order valence-corrected chi connectivity index (χ4v) is 3.13. The number of pyridine rings is 2. The topological polar surface area (TPSA) is 76.9 Å². The van der Waals surface area contributed by atoms with Crippen molar-refractivity contribution in [3.05, 3.63) is 95.6 Å². The number of aromatic nitrogens is 2. The summed E-state index contributed by atoms with van der Waals surface area (Å²) in [6.07, 6.45) is 3.64. The summed E-state index contributed by atoms with van der Waals surface area (Å²) in [5.41, 5.74) is 4.00. The van der Waals surface area contributed by atoms with Crippen LogP contribution in [0, 0.1) is 11.3 Å². The van der Waals surface area contributed by atoms with Crippen molar-refractivity contribution in [1.82, 2.24) is 25.5 Å². The number of benzene rings is 1. The highest BCUT2D eigenvalue weighted by molar-refractivity contribution is 5.31. The molecule has 3 aromatic rings. The van der Waals surface area contributed by atoms with E-state index >= 15 is 0 Å². The minimum absolute atomic E-state index is 0.694. The van der Waals surface area contributed by atoms with Crippen molar-refractivity contribution in [2.75, 3.05) is 26.2 Å². The Bertz CT molecular complexity index is 843. The molecule has 2 heterocycles. The SMILES string of the molecule is N#Cc1ccc(CN(CCNCc2ccccn2)CCNCc2ccccn2)cc1. The van der Waals surface area contributed by atoms with Gasteiger partial charge in [-0.3, -0.25) is 14.9 Å². The quantitative estimate of drug-likeness (QED) is 0.455. The number of nitriles is 1. The van der Waals surface area contributed by atoms with Crippen molar-refractivity contribution in [2.24, 2.45) is 0 Å². The molecule has 0 spiro atoms. The number of rotatable bonds is 12. The molecule has 154 valence electrons. The molecule has 0 aliphatic heterocycles. The fourth-order valence-electron chi connectivity index (χ4n) is 3.13. The van der Waals surface area contributed by atoms with Gasteiger partial charge in [0, 0.05) is 58.2 Å². The lowest BCUT2D eigenvalue weighted by atomic mass is 10.1. The van der Waals surface area contributed by atoms with Crippen LogP contribution in [-0.4, -0.2) is 41.0 Å². The van der Waals surface area contributed by atoms with Gasteiger partial charge >= 0.3 is 0 Å². The summed E-state index contributed by atoms with van der Waals surface area (Å²) in [4.78, 5) is 11.1. The summed E-state index contributed by atoms with van der Waals surface area (Å²) >= 11 is 0. The van der Waals surface area contributed by atoms with Crippen LogP contribution in [0.4, 0.5) is 0 Å². The zero-order chi connectivity index (χ0) is 20.9. The first-order valence-electron chi connectivity index (χ1n) is 10.3. The van der Waals surface area contributed by atoms with E-state index in [1.165, 1.54) is 5.56 Å². The van der Waals surface area contributed by atoms with Crippen LogP contribution in [0.1, 0.15) is 22.5 Å². The van der Waals surface area contributed by atoms with Gasteiger partial charge in [0.05, 0.1) is 23.0 Å². The highest BCUT2D eigenvalue weighted by Crippen LogP contribution is 2.07. The Morgan fingerprint density at radius 3 is 1.80 bits per heavy atom. The molecule has 0 radical (unpaired) electrons. The van der Waals surface area contributed by atoms with Crippen molar-refractivity contribution < 1.29 is 0 Å². The van der Waals surface area contributed by atoms with Crippen molar-refractivity contribution in [2.45, 2.75) is 19.6 Å². The predicted octanol–water partition coefficient (Wildman–Crippen LogP) is 2.73. The number of hydrogen-bond donors (Lipinski definition) is 2. The molecule has 0 aliphatic rings. The lowest BCUT2D eigenvalue weighted by Gasteiger charge is -2.23. The molecule has 0 bridgehead atoms. The fraction of sp³-hybridized carbons (Fsp3) is 0.292. The number of nitrogens with zero attached hydrogens (tertiary/aromatic N) is 4. The largest absolute Gasteiger partial charge is 0.310 e. The Kier molecular flexibility index (Phi) is 8.96. The van der Waals surface area contributed by atoms with E-state index in [2.05, 4.69) is 31.6 Å². The van der Waals surface area contributed by atoms with Crippen LogP contribution in [0.3, 0.4) is 0 Å². The van der Waals surface area contributed by atoms with Gasteiger partial charge in [-0.1, -0.05) is 24.3 Å². The molecular formula is C24H28N6. The zero-order valence-corrected chi connectivity index (χ0v) is 17.2. The third kappa shape index (κ3) is 7.72. The molecule has 0 amide bonds. The summed E-state index contributed by atoms with van der Waals surface area (Å²) in [7, 11) is 0. The molecule has 2 aromatic heterocycles. The van der Waals surface area contributed by atoms with Crippen molar-refractivity contribution >= 4 is 0 Å². The second-order valence-electron chi connectivity index (χ2n) is 7.08. The maximum atomic E-state index is 9.00. The van der Waals surface area contributed by atoms with Crippen molar-refractivity contribution in [1.29, 1.82) is 5.26 Å². The van der Waals surface area contributed by atoms with Crippen LogP contribution in [0.2, 0.25) is 0 Å². The molecule has 30 heavy (non-hydrogen) atoms. The third-order valence-corrected chi connectivity index (χ3v) is 4.76. The molecule has 0 fully saturated rings. The van der Waals surface area contributed by atoms with E-state index < -0.39 is 0 Å². The molecular weight excluding hydrogens is 372 g/mol. The summed E-state index contributed by atoms with van der Waals surface area (Å²) in [6, 6.07) is 22.0. The highest BCUT2D eigenvalue weighted by atomic mass is 15.1. The van der Waals surface area contributed by atoms with Crippen LogP contribution in [0.5, 0.6) is 0 Å². The summed E-state index contributed by atoms with van der Waals surface area (Å²) in [6.45, 7) is 6.01. The van der Waals surface area contributed by atoms with Gasteiger partial charge in [0.15, 0.2) is 0 Å². The van der Waals surface area contributed by atoms with Crippen molar-refractivity contribution in [3.8, 4) is 6.07 Å². The maximum Gasteiger partial charge on any atom is 0.0991 e. The molecule has 1 aromatic carbocycles. The van der Waals surface area contributed by atoms with Gasteiger partial charge in [-0.25, -0.2) is 0 Å². The Morgan fingerprint density at radius 2 is 1.33 bits per heavy atom. The molecule has 0 unspecified atom stereocenters. The van der Waals surface area contributed by atoms with Gasteiger partial charge in [-0.05, 0) is 42.0 Å². The average Bonchev–Trinajstić information content (AvgIpc) is 2.81. The minimum atomic E-state index is 0.694. The normalized spacial score (nSPS) is 10.8. The molecule has 0 atom stereocenters. The van der Waals surface area contributed by atoms with E-state index in [-0.39, 0.29) is 0 Å². The molecule has 6 nitrogen and oxygen atoms in total. The van der Waals surface area contributed by atoms with E-state index in [0.29, 0.717) is 5.56 Å². The average molecular weight is 401 g/mol. The summed E-state index contributed by atoms with van der Waals surface area (Å²) in [5.74, 6) is 0. The smallest absolute Gasteiger partial charge is 0.0991 e. The van der Waals surface area contributed by atoms with Crippen molar-refractivity contribution in [3.63, 3.8) is 0 Å². The molecule has 2 N–H and O–H groups in total. The first-order valence-corrected chi connectivity index (χ1v) is 10.3. The Hall–Kier alpha value is -3.11. The molecule has 0 saturated carbocycles. The summed E-state index contributed by atoms with van der Waals surface area (Å²) < 4.78 is 0. The van der Waals surface area contributed by atoms with E-state index in [1.807, 2.05) is 73.1 Å². The lowest BCUT2D eigenvalue weighted by Crippen LogP contribution is -2.36. The monoisotopic (exact) mass is 400 g/mol. The minimum Gasteiger partial charge on any atom is -0.310 e. The van der Waals surface area contributed by atoms with Gasteiger partial charge in [-0.2, -0.15) is 5.26 Å². The zero-order valence-electron chi connectivity index (χ0n) is 17.2. The Balaban J connectivity index is 1.47. The summed E-state index contributed by atoms with van der Waals surface area (Å²) in [5, 5.41) is 15.9. The van der Waals surface area contributed by atoms with E-state index in [9.17, 15) is 0 Å². The lowest BCUT2D eigenvalue weighted by molar-refractivity contribution is 0.263. The van der Waals surface area contributed by atoms with E-state index in [1.54, 1.807) is 0 Å². The van der Waals surface area contributed by atoms with Gasteiger partial charge in [0.25, 0.3) is 0 Å². The van der Waals surface area contributed by atoms with Gasteiger partial charge in [0.1, 0.15) is 0 Å². The van der Waals surface area contributed by atoms with Crippen LogP contribution >= 0.6 is 0 Å². The number of nitrogens with one attached hydrogen (secondary N) is 2. The maximum absolute atomic E-state index is 9.00. The Labute approximate surface area is 178 Å². The van der Waals surface area contributed by atoms with Gasteiger partial charge in [0.2, 0.25) is 0 Å². The second kappa shape index (κ2) is 12.5. The molecule has 6 heteroatoms. The van der Waals surface area contributed by atoms with Crippen LogP contribution < -0.4 is 10.6 Å². The first kappa shape index (κ1) is 21.6. The molecule has 0 aliphatic carbocycles. The van der Waals surface area contributed by atoms with E-state index in [0.717, 1.165) is 57.2 Å². The molecule has 3 rings (SSSR count).